The van der Waals surface area contributed by atoms with Crippen LogP contribution < -0.4 is 5.32 Å². The van der Waals surface area contributed by atoms with Crippen molar-refractivity contribution in [3.8, 4) is 0 Å². The Morgan fingerprint density at radius 3 is 2.38 bits per heavy atom. The maximum absolute atomic E-state index is 12.5. The van der Waals surface area contributed by atoms with Crippen LogP contribution in [0.2, 0.25) is 0 Å². The first-order valence-electron chi connectivity index (χ1n) is 10.2. The minimum atomic E-state index is -5.08. The van der Waals surface area contributed by atoms with Crippen LogP contribution in [0.4, 0.5) is 13.2 Å². The Hall–Kier alpha value is -2.67. The first kappa shape index (κ1) is 24.0. The van der Waals surface area contributed by atoms with E-state index in [1.165, 1.54) is 12.8 Å². The summed E-state index contributed by atoms with van der Waals surface area (Å²) >= 11 is 0. The number of carbonyl (C=O) groups excluding carboxylic acids is 2. The predicted octanol–water partition coefficient (Wildman–Crippen LogP) is 0.627. The van der Waals surface area contributed by atoms with E-state index in [9.17, 15) is 22.8 Å². The Kier molecular flexibility index (Phi) is 7.08. The highest BCUT2D eigenvalue weighted by molar-refractivity contribution is 5.93. The molecule has 3 aliphatic rings. The van der Waals surface area contributed by atoms with Gasteiger partial charge in [0.2, 0.25) is 5.91 Å². The van der Waals surface area contributed by atoms with E-state index in [0.717, 1.165) is 12.8 Å². The molecule has 2 amide bonds. The quantitative estimate of drug-likeness (QED) is 0.602. The fraction of sp³-hybridized carbons (Fsp3) is 0.684. The van der Waals surface area contributed by atoms with Crippen LogP contribution in [0.15, 0.2) is 12.3 Å². The average molecular weight is 461 g/mol. The van der Waals surface area contributed by atoms with E-state index < -0.39 is 12.1 Å². The molecule has 0 bridgehead atoms. The number of likely N-dealkylation sites (tertiary alicyclic amines) is 1. The summed E-state index contributed by atoms with van der Waals surface area (Å²) in [4.78, 5) is 37.5. The summed E-state index contributed by atoms with van der Waals surface area (Å²) in [5.41, 5.74) is 0.141. The van der Waals surface area contributed by atoms with Crippen LogP contribution in [-0.2, 0) is 14.3 Å². The molecule has 1 spiro atoms. The summed E-state index contributed by atoms with van der Waals surface area (Å²) in [5, 5.41) is 16.8. The normalized spacial score (nSPS) is 23.2. The number of rotatable bonds is 3. The van der Waals surface area contributed by atoms with Gasteiger partial charge in [0.25, 0.3) is 5.91 Å². The van der Waals surface area contributed by atoms with Crippen LogP contribution in [0.25, 0.3) is 0 Å². The van der Waals surface area contributed by atoms with E-state index >= 15 is 0 Å². The van der Waals surface area contributed by atoms with Gasteiger partial charge in [-0.05, 0) is 26.0 Å². The molecule has 1 aromatic rings. The highest BCUT2D eigenvalue weighted by Crippen LogP contribution is 2.31. The molecule has 2 aliphatic heterocycles. The zero-order chi connectivity index (χ0) is 23.5. The van der Waals surface area contributed by atoms with Crippen molar-refractivity contribution in [1.82, 2.24) is 25.3 Å². The number of aromatic nitrogens is 2. The van der Waals surface area contributed by atoms with Gasteiger partial charge in [-0.1, -0.05) is 12.8 Å². The Balaban J connectivity index is 0.000000360. The van der Waals surface area contributed by atoms with Gasteiger partial charge < -0.3 is 20.1 Å². The number of hydrogen-bond donors (Lipinski definition) is 3. The number of likely N-dealkylation sites (N-methyl/N-ethyl adjacent to an activating group) is 1. The molecule has 0 radical (unpaired) electrons. The van der Waals surface area contributed by atoms with E-state index in [1.807, 2.05) is 7.05 Å². The summed E-state index contributed by atoms with van der Waals surface area (Å²) in [6, 6.07) is 1.75. The zero-order valence-electron chi connectivity index (χ0n) is 17.5. The van der Waals surface area contributed by atoms with Gasteiger partial charge in [0.15, 0.2) is 0 Å². The van der Waals surface area contributed by atoms with Gasteiger partial charge in [0, 0.05) is 18.8 Å². The number of aliphatic carboxylic acids is 1. The Bertz CT molecular complexity index is 820. The molecular formula is C19H26F3N5O5. The topological polar surface area (TPSA) is 128 Å². The third-order valence-corrected chi connectivity index (χ3v) is 5.84. The molecule has 10 nitrogen and oxygen atoms in total. The number of H-pyrrole nitrogens is 1. The number of alkyl halides is 3. The second kappa shape index (κ2) is 9.45. The molecule has 178 valence electrons. The average Bonchev–Trinajstić information content (AvgIpc) is 3.39. The number of amides is 2. The van der Waals surface area contributed by atoms with Crippen molar-refractivity contribution in [2.75, 3.05) is 33.3 Å². The first-order valence-corrected chi connectivity index (χ1v) is 10.2. The lowest BCUT2D eigenvalue weighted by Gasteiger charge is -2.54. The Morgan fingerprint density at radius 1 is 1.25 bits per heavy atom. The summed E-state index contributed by atoms with van der Waals surface area (Å²) in [6.45, 7) is 2.13. The van der Waals surface area contributed by atoms with Crippen molar-refractivity contribution in [3.63, 3.8) is 0 Å². The number of halogens is 3. The number of nitrogens with zero attached hydrogens (tertiary/aromatic N) is 3. The number of nitrogens with one attached hydrogen (secondary N) is 2. The molecule has 0 aromatic carbocycles. The molecule has 3 heterocycles. The standard InChI is InChI=1S/C17H25N5O3.C2HF3O2/c1-21-9-17(10-22(11-17)16(24)13-6-7-18-20-13)25-8-14(21)15(23)19-12-4-2-3-5-12;3-2(4,5)1(6)7/h6-7,12,14H,2-5,8-11H2,1H3,(H,18,20)(H,19,23);(H,6,7). The Morgan fingerprint density at radius 2 is 1.88 bits per heavy atom. The molecular weight excluding hydrogens is 435 g/mol. The van der Waals surface area contributed by atoms with Crippen LogP contribution in [0, 0.1) is 0 Å². The summed E-state index contributed by atoms with van der Waals surface area (Å²) in [7, 11) is 1.96. The van der Waals surface area contributed by atoms with E-state index in [0.29, 0.717) is 38.0 Å². The summed E-state index contributed by atoms with van der Waals surface area (Å²) in [5.74, 6) is -2.75. The molecule has 1 saturated carbocycles. The van der Waals surface area contributed by atoms with Crippen molar-refractivity contribution in [3.05, 3.63) is 18.0 Å². The van der Waals surface area contributed by atoms with E-state index in [2.05, 4.69) is 20.4 Å². The second-order valence-corrected chi connectivity index (χ2v) is 8.35. The number of hydrogen-bond acceptors (Lipinski definition) is 6. The molecule has 3 fully saturated rings. The SMILES string of the molecule is CN1CC2(CN(C(=O)c3ccn[nH]3)C2)OCC1C(=O)NC1CCCC1.O=C(O)C(F)(F)F. The number of aromatic amines is 1. The summed E-state index contributed by atoms with van der Waals surface area (Å²) in [6.07, 6.45) is 1.05. The van der Waals surface area contributed by atoms with E-state index in [1.54, 1.807) is 17.2 Å². The predicted molar refractivity (Wildman–Crippen MR) is 104 cm³/mol. The molecule has 1 atom stereocenters. The lowest BCUT2D eigenvalue weighted by Crippen LogP contribution is -2.73. The van der Waals surface area contributed by atoms with Crippen LogP contribution in [0.1, 0.15) is 36.2 Å². The highest BCUT2D eigenvalue weighted by Gasteiger charge is 2.51. The molecule has 13 heteroatoms. The van der Waals surface area contributed by atoms with Gasteiger partial charge in [0.1, 0.15) is 17.3 Å². The number of morpholine rings is 1. The molecule has 1 aromatic heterocycles. The second-order valence-electron chi connectivity index (χ2n) is 8.35. The lowest BCUT2D eigenvalue weighted by molar-refractivity contribution is -0.192. The van der Waals surface area contributed by atoms with E-state index in [4.69, 9.17) is 14.6 Å². The van der Waals surface area contributed by atoms with E-state index in [-0.39, 0.29) is 23.5 Å². The molecule has 3 N–H and O–H groups in total. The van der Waals surface area contributed by atoms with Crippen LogP contribution in [-0.4, -0.2) is 100 Å². The molecule has 1 unspecified atom stereocenters. The van der Waals surface area contributed by atoms with Crippen molar-refractivity contribution >= 4 is 17.8 Å². The third-order valence-electron chi connectivity index (χ3n) is 5.84. The largest absolute Gasteiger partial charge is 0.490 e. The van der Waals surface area contributed by atoms with Gasteiger partial charge in [-0.25, -0.2) is 4.79 Å². The summed E-state index contributed by atoms with van der Waals surface area (Å²) < 4.78 is 37.8. The fourth-order valence-corrected chi connectivity index (χ4v) is 4.17. The maximum atomic E-state index is 12.5. The van der Waals surface area contributed by atoms with Crippen molar-refractivity contribution in [2.24, 2.45) is 0 Å². The fourth-order valence-electron chi connectivity index (χ4n) is 4.17. The number of carboxylic acids is 1. The van der Waals surface area contributed by atoms with Gasteiger partial charge in [-0.15, -0.1) is 0 Å². The minimum Gasteiger partial charge on any atom is -0.475 e. The highest BCUT2D eigenvalue weighted by atomic mass is 19.4. The van der Waals surface area contributed by atoms with Gasteiger partial charge in [-0.2, -0.15) is 18.3 Å². The van der Waals surface area contributed by atoms with Crippen molar-refractivity contribution in [2.45, 2.75) is 49.5 Å². The van der Waals surface area contributed by atoms with Gasteiger partial charge in [0.05, 0.1) is 19.7 Å². The monoisotopic (exact) mass is 461 g/mol. The number of carboxylic acid groups (broad SMARTS) is 1. The first-order chi connectivity index (χ1) is 15.0. The third kappa shape index (κ3) is 5.57. The number of ether oxygens (including phenoxy) is 1. The molecule has 2 saturated heterocycles. The van der Waals surface area contributed by atoms with Gasteiger partial charge >= 0.3 is 12.1 Å². The van der Waals surface area contributed by atoms with Crippen LogP contribution in [0.3, 0.4) is 0 Å². The van der Waals surface area contributed by atoms with Gasteiger partial charge in [-0.3, -0.25) is 19.6 Å². The van der Waals surface area contributed by atoms with Crippen LogP contribution >= 0.6 is 0 Å². The zero-order valence-corrected chi connectivity index (χ0v) is 17.5. The molecule has 1 aliphatic carbocycles. The lowest BCUT2D eigenvalue weighted by atomic mass is 9.90. The van der Waals surface area contributed by atoms with Crippen LogP contribution in [0.5, 0.6) is 0 Å². The minimum absolute atomic E-state index is 0.0597. The smallest absolute Gasteiger partial charge is 0.475 e. The van der Waals surface area contributed by atoms with Crippen molar-refractivity contribution in [1.29, 1.82) is 0 Å². The van der Waals surface area contributed by atoms with Crippen molar-refractivity contribution < 1.29 is 37.4 Å². The molecule has 4 rings (SSSR count). The molecule has 32 heavy (non-hydrogen) atoms. The number of carbonyl (C=O) groups is 3. The Labute approximate surface area is 182 Å². The maximum Gasteiger partial charge on any atom is 0.490 e.